The van der Waals surface area contributed by atoms with E-state index >= 15 is 0 Å². The minimum Gasteiger partial charge on any atom is -0.493 e. The van der Waals surface area contributed by atoms with Crippen LogP contribution in [0.2, 0.25) is 0 Å². The van der Waals surface area contributed by atoms with E-state index in [1.54, 1.807) is 32.2 Å². The summed E-state index contributed by atoms with van der Waals surface area (Å²) in [6.45, 7) is 1.89. The van der Waals surface area contributed by atoms with Crippen LogP contribution in [0.3, 0.4) is 0 Å². The van der Waals surface area contributed by atoms with Crippen LogP contribution < -0.4 is 14.4 Å². The topological polar surface area (TPSA) is 130 Å². The number of benzene rings is 1. The molecule has 0 fully saturated rings. The molecule has 0 aliphatic carbocycles. The van der Waals surface area contributed by atoms with Gasteiger partial charge < -0.3 is 24.6 Å². The van der Waals surface area contributed by atoms with E-state index in [-0.39, 0.29) is 5.91 Å². The lowest BCUT2D eigenvalue weighted by Gasteiger charge is -2.29. The molecule has 0 unspecified atom stereocenters. The monoisotopic (exact) mass is 503 g/mol. The van der Waals surface area contributed by atoms with Gasteiger partial charge in [0.2, 0.25) is 5.91 Å². The number of anilines is 1. The molecule has 1 aromatic carbocycles. The Balaban J connectivity index is 0.000000466. The summed E-state index contributed by atoms with van der Waals surface area (Å²) < 4.78 is 10.6. The number of methoxy groups -OCH3 is 2. The summed E-state index contributed by atoms with van der Waals surface area (Å²) in [6, 6.07) is 9.77. The highest BCUT2D eigenvalue weighted by atomic mass is 32.2. The van der Waals surface area contributed by atoms with Crippen molar-refractivity contribution in [2.24, 2.45) is 0 Å². The number of pyridine rings is 1. The zero-order valence-electron chi connectivity index (χ0n) is 19.8. The molecular weight excluding hydrogens is 474 g/mol. The van der Waals surface area contributed by atoms with Gasteiger partial charge in [-0.15, -0.1) is 11.8 Å². The molecule has 0 spiro atoms. The third-order valence-electron chi connectivity index (χ3n) is 4.90. The van der Waals surface area contributed by atoms with Crippen molar-refractivity contribution in [2.75, 3.05) is 51.6 Å². The molecule has 2 N–H and O–H groups in total. The standard InChI is InChI=1S/C20H25N3O3S.C4H4O4/c1-22(10-8-15-6-7-17(25-2)18(13-15)26-3)14-19(24)23-11-12-27-20-16(23)5-4-9-21-20;5-3(6)1-2-4(7)8/h4-7,9,13H,8,10-12,14H2,1-3H3;1-2H,(H,5,6)(H,7,8)/b;2-1+. The number of fused-ring (bicyclic) bond motifs is 1. The minimum absolute atomic E-state index is 0.111. The third-order valence-corrected chi connectivity index (χ3v) is 5.88. The highest BCUT2D eigenvalue weighted by Gasteiger charge is 2.24. The number of carbonyl (C=O) groups excluding carboxylic acids is 1. The number of hydrogen-bond acceptors (Lipinski definition) is 8. The second-order valence-electron chi connectivity index (χ2n) is 7.41. The van der Waals surface area contributed by atoms with E-state index in [4.69, 9.17) is 19.7 Å². The molecule has 1 amide bonds. The fraction of sp³-hybridized carbons (Fsp3) is 0.333. The lowest BCUT2D eigenvalue weighted by atomic mass is 10.1. The van der Waals surface area contributed by atoms with Gasteiger partial charge in [-0.1, -0.05) is 6.07 Å². The molecule has 0 atom stereocenters. The predicted octanol–water partition coefficient (Wildman–Crippen LogP) is 2.42. The molecule has 2 heterocycles. The minimum atomic E-state index is -1.26. The molecule has 10 nitrogen and oxygen atoms in total. The average molecular weight is 504 g/mol. The van der Waals surface area contributed by atoms with Crippen molar-refractivity contribution in [1.82, 2.24) is 9.88 Å². The van der Waals surface area contributed by atoms with Gasteiger partial charge in [0.1, 0.15) is 5.03 Å². The van der Waals surface area contributed by atoms with Gasteiger partial charge in [0, 0.05) is 37.2 Å². The van der Waals surface area contributed by atoms with Crippen molar-refractivity contribution in [3.05, 3.63) is 54.2 Å². The molecule has 0 bridgehead atoms. The van der Waals surface area contributed by atoms with E-state index in [0.29, 0.717) is 18.7 Å². The number of hydrogen-bond donors (Lipinski definition) is 2. The van der Waals surface area contributed by atoms with Crippen LogP contribution in [0.25, 0.3) is 0 Å². The summed E-state index contributed by atoms with van der Waals surface area (Å²) in [5.41, 5.74) is 2.07. The SMILES string of the molecule is COc1ccc(CCN(C)CC(=O)N2CCSc3ncccc32)cc1OC.O=C(O)/C=C/C(=O)O. The van der Waals surface area contributed by atoms with Crippen LogP contribution in [0, 0.1) is 0 Å². The second kappa shape index (κ2) is 14.0. The van der Waals surface area contributed by atoms with Crippen LogP contribution in [0.4, 0.5) is 5.69 Å². The van der Waals surface area contributed by atoms with E-state index in [1.807, 2.05) is 42.3 Å². The first kappa shape index (κ1) is 27.7. The number of ether oxygens (including phenoxy) is 2. The Morgan fingerprint density at radius 3 is 2.43 bits per heavy atom. The second-order valence-corrected chi connectivity index (χ2v) is 8.49. The van der Waals surface area contributed by atoms with Crippen molar-refractivity contribution in [3.63, 3.8) is 0 Å². The summed E-state index contributed by atoms with van der Waals surface area (Å²) in [5, 5.41) is 16.6. The van der Waals surface area contributed by atoms with Gasteiger partial charge in [0.15, 0.2) is 11.5 Å². The smallest absolute Gasteiger partial charge is 0.328 e. The number of thioether (sulfide) groups is 1. The number of carbonyl (C=O) groups is 3. The Kier molecular flexibility index (Phi) is 11.0. The van der Waals surface area contributed by atoms with Crippen LogP contribution in [-0.4, -0.2) is 84.6 Å². The normalized spacial score (nSPS) is 12.5. The van der Waals surface area contributed by atoms with E-state index < -0.39 is 11.9 Å². The first-order valence-electron chi connectivity index (χ1n) is 10.7. The zero-order valence-corrected chi connectivity index (χ0v) is 20.7. The van der Waals surface area contributed by atoms with E-state index in [2.05, 4.69) is 9.88 Å². The number of rotatable bonds is 9. The zero-order chi connectivity index (χ0) is 25.8. The molecular formula is C24H29N3O7S. The molecule has 35 heavy (non-hydrogen) atoms. The van der Waals surface area contributed by atoms with Crippen molar-refractivity contribution < 1.29 is 34.1 Å². The number of nitrogens with zero attached hydrogens (tertiary/aromatic N) is 3. The van der Waals surface area contributed by atoms with Gasteiger partial charge in [-0.2, -0.15) is 0 Å². The predicted molar refractivity (Wildman–Crippen MR) is 132 cm³/mol. The van der Waals surface area contributed by atoms with Gasteiger partial charge in [0.05, 0.1) is 26.5 Å². The van der Waals surface area contributed by atoms with Gasteiger partial charge in [0.25, 0.3) is 0 Å². The first-order valence-corrected chi connectivity index (χ1v) is 11.6. The molecule has 3 rings (SSSR count). The maximum absolute atomic E-state index is 12.8. The van der Waals surface area contributed by atoms with Crippen LogP contribution in [0.15, 0.2) is 53.7 Å². The summed E-state index contributed by atoms with van der Waals surface area (Å²) in [6.07, 6.45) is 3.72. The van der Waals surface area contributed by atoms with Crippen LogP contribution in [0.5, 0.6) is 11.5 Å². The molecule has 1 aromatic heterocycles. The number of carboxylic acids is 2. The van der Waals surface area contributed by atoms with Gasteiger partial charge in [-0.3, -0.25) is 9.69 Å². The Labute approximate surface area is 208 Å². The van der Waals surface area contributed by atoms with Gasteiger partial charge >= 0.3 is 11.9 Å². The molecule has 0 radical (unpaired) electrons. The Morgan fingerprint density at radius 1 is 1.11 bits per heavy atom. The maximum Gasteiger partial charge on any atom is 0.328 e. The largest absolute Gasteiger partial charge is 0.493 e. The van der Waals surface area contributed by atoms with E-state index in [0.717, 1.165) is 53.0 Å². The van der Waals surface area contributed by atoms with Crippen molar-refractivity contribution in [2.45, 2.75) is 11.4 Å². The number of carboxylic acid groups (broad SMARTS) is 2. The Morgan fingerprint density at radius 2 is 1.80 bits per heavy atom. The Hall–Kier alpha value is -3.57. The quantitative estimate of drug-likeness (QED) is 0.492. The molecule has 2 aromatic rings. The van der Waals surface area contributed by atoms with E-state index in [9.17, 15) is 14.4 Å². The van der Waals surface area contributed by atoms with E-state index in [1.165, 1.54) is 0 Å². The third kappa shape index (κ3) is 8.95. The maximum atomic E-state index is 12.8. The number of amides is 1. The van der Waals surface area contributed by atoms with Crippen molar-refractivity contribution >= 4 is 35.3 Å². The number of likely N-dealkylation sites (N-methyl/N-ethyl adjacent to an activating group) is 1. The van der Waals surface area contributed by atoms with Crippen LogP contribution >= 0.6 is 11.8 Å². The fourth-order valence-electron chi connectivity index (χ4n) is 3.21. The molecule has 0 saturated carbocycles. The summed E-state index contributed by atoms with van der Waals surface area (Å²) in [7, 11) is 5.24. The summed E-state index contributed by atoms with van der Waals surface area (Å²) in [5.74, 6) is -0.0756. The highest BCUT2D eigenvalue weighted by Crippen LogP contribution is 2.32. The molecule has 188 valence electrons. The first-order chi connectivity index (χ1) is 16.7. The number of aliphatic carboxylic acids is 2. The fourth-order valence-corrected chi connectivity index (χ4v) is 4.13. The van der Waals surface area contributed by atoms with Gasteiger partial charge in [-0.05, 0) is 43.3 Å². The molecule has 1 aliphatic rings. The number of aromatic nitrogens is 1. The van der Waals surface area contributed by atoms with Crippen LogP contribution in [-0.2, 0) is 20.8 Å². The van der Waals surface area contributed by atoms with Crippen molar-refractivity contribution in [1.29, 1.82) is 0 Å². The molecule has 1 aliphatic heterocycles. The molecule has 11 heteroatoms. The van der Waals surface area contributed by atoms with Gasteiger partial charge in [-0.25, -0.2) is 14.6 Å². The molecule has 0 saturated heterocycles. The summed E-state index contributed by atoms with van der Waals surface area (Å²) >= 11 is 1.70. The van der Waals surface area contributed by atoms with Crippen molar-refractivity contribution in [3.8, 4) is 11.5 Å². The highest BCUT2D eigenvalue weighted by molar-refractivity contribution is 7.99. The average Bonchev–Trinajstić information content (AvgIpc) is 2.86. The lowest BCUT2D eigenvalue weighted by molar-refractivity contribution is -0.134. The lowest BCUT2D eigenvalue weighted by Crippen LogP contribution is -2.42. The van der Waals surface area contributed by atoms with Crippen LogP contribution in [0.1, 0.15) is 5.56 Å². The Bertz CT molecular complexity index is 1050. The summed E-state index contributed by atoms with van der Waals surface area (Å²) in [4.78, 5) is 40.2.